The average molecular weight is 357 g/mol. The zero-order valence-corrected chi connectivity index (χ0v) is 13.9. The number of hydrogen-bond acceptors (Lipinski definition) is 5. The second-order valence-corrected chi connectivity index (χ2v) is 6.93. The second kappa shape index (κ2) is 5.82. The number of thiophene rings is 1. The molecule has 0 fully saturated rings. The largest absolute Gasteiger partial charge is 0.465 e. The number of carbonyl (C=O) groups is 2. The van der Waals surface area contributed by atoms with Crippen molar-refractivity contribution >= 4 is 45.0 Å². The maximum Gasteiger partial charge on any atom is 0.407 e. The molecule has 0 aliphatic carbocycles. The van der Waals surface area contributed by atoms with Crippen molar-refractivity contribution in [2.45, 2.75) is 13.0 Å². The van der Waals surface area contributed by atoms with Crippen molar-refractivity contribution in [1.82, 2.24) is 4.90 Å². The number of hydrogen-bond donors (Lipinski definition) is 3. The van der Waals surface area contributed by atoms with Gasteiger partial charge in [0, 0.05) is 22.4 Å². The van der Waals surface area contributed by atoms with Gasteiger partial charge in [-0.2, -0.15) is 0 Å². The first kappa shape index (κ1) is 15.5. The van der Waals surface area contributed by atoms with Gasteiger partial charge in [-0.25, -0.2) is 4.79 Å². The number of amides is 2. The Hall–Kier alpha value is -3.00. The van der Waals surface area contributed by atoms with Crippen LogP contribution in [-0.4, -0.2) is 28.6 Å². The molecule has 0 bridgehead atoms. The van der Waals surface area contributed by atoms with E-state index in [2.05, 4.69) is 5.32 Å². The molecule has 3 aromatic rings. The Kier molecular flexibility index (Phi) is 3.61. The van der Waals surface area contributed by atoms with Crippen molar-refractivity contribution in [3.05, 3.63) is 46.5 Å². The van der Waals surface area contributed by atoms with E-state index in [-0.39, 0.29) is 5.91 Å². The summed E-state index contributed by atoms with van der Waals surface area (Å²) >= 11 is 1.33. The quantitative estimate of drug-likeness (QED) is 0.651. The molecule has 0 saturated heterocycles. The number of anilines is 2. The third kappa shape index (κ3) is 2.70. The maximum atomic E-state index is 12.5. The zero-order chi connectivity index (χ0) is 17.6. The highest BCUT2D eigenvalue weighted by molar-refractivity contribution is 7.17. The predicted molar refractivity (Wildman–Crippen MR) is 95.0 cm³/mol. The summed E-state index contributed by atoms with van der Waals surface area (Å²) in [7, 11) is 0. The van der Waals surface area contributed by atoms with E-state index in [1.807, 2.05) is 12.1 Å². The van der Waals surface area contributed by atoms with Gasteiger partial charge in [-0.1, -0.05) is 6.07 Å². The van der Waals surface area contributed by atoms with Gasteiger partial charge in [-0.05, 0) is 30.2 Å². The molecule has 4 rings (SSSR count). The Bertz CT molecular complexity index is 991. The maximum absolute atomic E-state index is 12.5. The summed E-state index contributed by atoms with van der Waals surface area (Å²) in [5, 5.41) is 13.4. The van der Waals surface area contributed by atoms with Crippen LogP contribution >= 0.6 is 11.3 Å². The summed E-state index contributed by atoms with van der Waals surface area (Å²) in [5.74, 6) is -0.279. The Morgan fingerprint density at radius 1 is 1.32 bits per heavy atom. The number of furan rings is 1. The molecule has 0 unspecified atom stereocenters. The molecular weight excluding hydrogens is 342 g/mol. The lowest BCUT2D eigenvalue weighted by atomic mass is 10.1. The molecule has 2 amide bonds. The summed E-state index contributed by atoms with van der Waals surface area (Å²) < 4.78 is 5.32. The first-order valence-electron chi connectivity index (χ1n) is 7.69. The summed E-state index contributed by atoms with van der Waals surface area (Å²) in [6, 6.07) is 7.06. The van der Waals surface area contributed by atoms with Gasteiger partial charge in [0.2, 0.25) is 0 Å². The Morgan fingerprint density at radius 2 is 2.16 bits per heavy atom. The average Bonchev–Trinajstić information content (AvgIpc) is 3.18. The summed E-state index contributed by atoms with van der Waals surface area (Å²) in [4.78, 5) is 25.9. The fourth-order valence-electron chi connectivity index (χ4n) is 2.96. The fourth-order valence-corrected chi connectivity index (χ4v) is 4.13. The van der Waals surface area contributed by atoms with Crippen LogP contribution in [0.25, 0.3) is 11.0 Å². The van der Waals surface area contributed by atoms with Gasteiger partial charge in [-0.3, -0.25) is 4.79 Å². The third-order valence-corrected chi connectivity index (χ3v) is 5.46. The molecular formula is C17H15N3O4S. The number of benzene rings is 1. The van der Waals surface area contributed by atoms with Crippen LogP contribution in [0, 0.1) is 0 Å². The third-order valence-electron chi connectivity index (χ3n) is 4.31. The minimum Gasteiger partial charge on any atom is -0.465 e. The van der Waals surface area contributed by atoms with Crippen molar-refractivity contribution in [2.75, 3.05) is 17.6 Å². The number of carbonyl (C=O) groups excluding carboxylic acids is 1. The van der Waals surface area contributed by atoms with E-state index in [4.69, 9.17) is 15.3 Å². The molecule has 0 radical (unpaired) electrons. The molecule has 4 N–H and O–H groups in total. The summed E-state index contributed by atoms with van der Waals surface area (Å²) in [6.07, 6.45) is 1.18. The van der Waals surface area contributed by atoms with E-state index < -0.39 is 6.09 Å². The van der Waals surface area contributed by atoms with Crippen LogP contribution in [0.2, 0.25) is 0 Å². The Balaban J connectivity index is 1.58. The van der Waals surface area contributed by atoms with Crippen molar-refractivity contribution in [3.63, 3.8) is 0 Å². The van der Waals surface area contributed by atoms with Gasteiger partial charge < -0.3 is 25.5 Å². The van der Waals surface area contributed by atoms with Gasteiger partial charge >= 0.3 is 6.09 Å². The van der Waals surface area contributed by atoms with Gasteiger partial charge in [0.05, 0.1) is 18.5 Å². The highest BCUT2D eigenvalue weighted by Crippen LogP contribution is 2.39. The topological polar surface area (TPSA) is 109 Å². The lowest BCUT2D eigenvalue weighted by Gasteiger charge is -2.23. The molecule has 1 aliphatic heterocycles. The highest BCUT2D eigenvalue weighted by atomic mass is 32.1. The van der Waals surface area contributed by atoms with Crippen molar-refractivity contribution in [2.24, 2.45) is 0 Å². The molecule has 7 nitrogen and oxygen atoms in total. The van der Waals surface area contributed by atoms with Crippen molar-refractivity contribution in [3.8, 4) is 0 Å². The second-order valence-electron chi connectivity index (χ2n) is 5.83. The van der Waals surface area contributed by atoms with E-state index in [1.165, 1.54) is 16.2 Å². The monoisotopic (exact) mass is 357 g/mol. The number of nitrogen functional groups attached to an aromatic ring is 1. The standard InChI is InChI=1S/C17H15N3O4S/c18-14-11-3-5-20(17(22)23)8-13(11)25-16(14)19-15(21)10-2-1-9-4-6-24-12(9)7-10/h1-2,4,6-7H,3,5,8,18H2,(H,19,21)(H,22,23). The number of nitrogens with one attached hydrogen (secondary N) is 1. The lowest BCUT2D eigenvalue weighted by Crippen LogP contribution is -2.34. The number of nitrogens with zero attached hydrogens (tertiary/aromatic N) is 1. The summed E-state index contributed by atoms with van der Waals surface area (Å²) in [6.45, 7) is 0.708. The molecule has 0 saturated carbocycles. The van der Waals surface area contributed by atoms with Crippen LogP contribution in [0.1, 0.15) is 20.8 Å². The van der Waals surface area contributed by atoms with Gasteiger partial charge in [-0.15, -0.1) is 11.3 Å². The fraction of sp³-hybridized carbons (Fsp3) is 0.176. The molecule has 0 spiro atoms. The zero-order valence-electron chi connectivity index (χ0n) is 13.1. The van der Waals surface area contributed by atoms with Crippen LogP contribution in [-0.2, 0) is 13.0 Å². The number of carboxylic acid groups (broad SMARTS) is 1. The normalized spacial score (nSPS) is 13.7. The molecule has 1 aliphatic rings. The predicted octanol–water partition coefficient (Wildman–Crippen LogP) is 3.36. The number of fused-ring (bicyclic) bond motifs is 2. The molecule has 1 aromatic carbocycles. The smallest absolute Gasteiger partial charge is 0.407 e. The lowest BCUT2D eigenvalue weighted by molar-refractivity contribution is 0.102. The first-order valence-corrected chi connectivity index (χ1v) is 8.51. The highest BCUT2D eigenvalue weighted by Gasteiger charge is 2.26. The Morgan fingerprint density at radius 3 is 2.96 bits per heavy atom. The molecule has 8 heteroatoms. The molecule has 3 heterocycles. The van der Waals surface area contributed by atoms with Crippen LogP contribution in [0.3, 0.4) is 0 Å². The molecule has 0 atom stereocenters. The molecule has 128 valence electrons. The van der Waals surface area contributed by atoms with E-state index in [0.717, 1.165) is 15.8 Å². The van der Waals surface area contributed by atoms with Gasteiger partial charge in [0.15, 0.2) is 0 Å². The number of rotatable bonds is 2. The van der Waals surface area contributed by atoms with Crippen LogP contribution in [0.15, 0.2) is 34.9 Å². The van der Waals surface area contributed by atoms with Crippen molar-refractivity contribution < 1.29 is 19.1 Å². The molecule has 25 heavy (non-hydrogen) atoms. The minimum absolute atomic E-state index is 0.279. The van der Waals surface area contributed by atoms with Crippen LogP contribution < -0.4 is 11.1 Å². The first-order chi connectivity index (χ1) is 12.0. The van der Waals surface area contributed by atoms with Gasteiger partial charge in [0.25, 0.3) is 5.91 Å². The van der Waals surface area contributed by atoms with E-state index >= 15 is 0 Å². The number of nitrogens with two attached hydrogens (primary N) is 1. The van der Waals surface area contributed by atoms with E-state index in [0.29, 0.717) is 41.3 Å². The van der Waals surface area contributed by atoms with E-state index in [1.54, 1.807) is 18.4 Å². The van der Waals surface area contributed by atoms with Crippen LogP contribution in [0.5, 0.6) is 0 Å². The van der Waals surface area contributed by atoms with E-state index in [9.17, 15) is 9.59 Å². The SMILES string of the molecule is Nc1c(NC(=O)c2ccc3ccoc3c2)sc2c1CCN(C(=O)O)C2. The summed E-state index contributed by atoms with van der Waals surface area (Å²) in [5.41, 5.74) is 8.73. The van der Waals surface area contributed by atoms with Crippen molar-refractivity contribution in [1.29, 1.82) is 0 Å². The molecule has 2 aromatic heterocycles. The van der Waals surface area contributed by atoms with Gasteiger partial charge in [0.1, 0.15) is 10.6 Å². The Labute approximate surface area is 146 Å². The van der Waals surface area contributed by atoms with Crippen LogP contribution in [0.4, 0.5) is 15.5 Å². The minimum atomic E-state index is -0.949.